The number of carbonyl (C=O) groups excluding carboxylic acids is 2. The fraction of sp³-hybridized carbons (Fsp3) is 0.942. The summed E-state index contributed by atoms with van der Waals surface area (Å²) in [6.07, 6.45) is 44.2. The number of aliphatic hydroxyl groups is 11. The molecule has 642 valence electrons. The molecule has 23 nitrogen and oxygen atoms in total. The van der Waals surface area contributed by atoms with Gasteiger partial charge in [0, 0.05) is 19.8 Å². The van der Waals surface area contributed by atoms with E-state index in [4.69, 9.17) is 28.4 Å². The number of aliphatic hydroxyl groups excluding tert-OH is 11. The molecule has 0 bridgehead atoms. The highest BCUT2D eigenvalue weighted by molar-refractivity contribution is 5.77. The number of rotatable bonds is 72. The van der Waals surface area contributed by atoms with Crippen molar-refractivity contribution in [2.75, 3.05) is 26.4 Å². The summed E-state index contributed by atoms with van der Waals surface area (Å²) in [6, 6.07) is -2.62. The molecule has 3 heterocycles. The third-order valence-electron chi connectivity index (χ3n) is 22.7. The Morgan fingerprint density at radius 2 is 0.853 bits per heavy atom. The Balaban J connectivity index is 1.41. The van der Waals surface area contributed by atoms with E-state index >= 15 is 0 Å². The molecule has 18 atom stereocenters. The first-order valence-electron chi connectivity index (χ1n) is 44.6. The fourth-order valence-corrected chi connectivity index (χ4v) is 15.7. The van der Waals surface area contributed by atoms with Gasteiger partial charge in [-0.25, -0.2) is 4.79 Å². The van der Waals surface area contributed by atoms with Gasteiger partial charge in [0.05, 0.1) is 50.7 Å². The van der Waals surface area contributed by atoms with Crippen LogP contribution in [0, 0.1) is 0 Å². The van der Waals surface area contributed by atoms with Crippen LogP contribution in [0.5, 0.6) is 0 Å². The Morgan fingerprint density at radius 3 is 1.22 bits per heavy atom. The average molecular weight is 1560 g/mol. The van der Waals surface area contributed by atoms with Crippen molar-refractivity contribution in [1.82, 2.24) is 10.6 Å². The van der Waals surface area contributed by atoms with Crippen molar-refractivity contribution in [3.8, 4) is 0 Å². The zero-order valence-electron chi connectivity index (χ0n) is 68.4. The number of unbranched alkanes of at least 4 members (excludes halogenated alkanes) is 52. The summed E-state index contributed by atoms with van der Waals surface area (Å²) in [5.74, 6) is -6.13. The van der Waals surface area contributed by atoms with E-state index in [1.165, 1.54) is 289 Å². The van der Waals surface area contributed by atoms with E-state index in [-0.39, 0.29) is 12.3 Å². The molecule has 0 saturated carbocycles. The van der Waals surface area contributed by atoms with Gasteiger partial charge in [0.1, 0.15) is 67.1 Å². The maximum absolute atomic E-state index is 13.6. The Kier molecular flexibility index (Phi) is 59.7. The second kappa shape index (κ2) is 64.6. The average Bonchev–Trinajstić information content (AvgIpc) is 0.754. The number of amides is 2. The lowest BCUT2D eigenvalue weighted by molar-refractivity contribution is -0.386. The Labute approximate surface area is 658 Å². The Hall–Kier alpha value is -2.53. The van der Waals surface area contributed by atoms with E-state index in [1.54, 1.807) is 6.08 Å². The van der Waals surface area contributed by atoms with Gasteiger partial charge in [-0.15, -0.1) is 0 Å². The highest BCUT2D eigenvalue weighted by Gasteiger charge is 2.60. The van der Waals surface area contributed by atoms with Crippen LogP contribution in [0.1, 0.15) is 380 Å². The number of carboxylic acids is 1. The summed E-state index contributed by atoms with van der Waals surface area (Å²) >= 11 is 0. The topological polar surface area (TPSA) is 373 Å². The molecule has 3 aliphatic heterocycles. The third kappa shape index (κ3) is 43.9. The highest BCUT2D eigenvalue weighted by Crippen LogP contribution is 2.39. The maximum Gasteiger partial charge on any atom is 0.364 e. The van der Waals surface area contributed by atoms with Gasteiger partial charge < -0.3 is 100 Å². The number of hydrogen-bond donors (Lipinski definition) is 14. The number of carbonyl (C=O) groups is 3. The molecule has 3 saturated heterocycles. The minimum Gasteiger partial charge on any atom is -0.477 e. The quantitative estimate of drug-likeness (QED) is 0.0199. The van der Waals surface area contributed by atoms with Gasteiger partial charge >= 0.3 is 5.97 Å². The van der Waals surface area contributed by atoms with Gasteiger partial charge in [0.2, 0.25) is 11.8 Å². The Bertz CT molecular complexity index is 2210. The number of carboxylic acid groups (broad SMARTS) is 1. The van der Waals surface area contributed by atoms with E-state index in [0.717, 1.165) is 51.9 Å². The van der Waals surface area contributed by atoms with Gasteiger partial charge in [0.25, 0.3) is 5.79 Å². The predicted molar refractivity (Wildman–Crippen MR) is 426 cm³/mol. The van der Waals surface area contributed by atoms with Crippen molar-refractivity contribution in [1.29, 1.82) is 0 Å². The monoisotopic (exact) mass is 1560 g/mol. The summed E-state index contributed by atoms with van der Waals surface area (Å²) in [5.41, 5.74) is 0. The predicted octanol–water partition coefficient (Wildman–Crippen LogP) is 13.7. The largest absolute Gasteiger partial charge is 0.477 e. The molecule has 3 fully saturated rings. The van der Waals surface area contributed by atoms with Gasteiger partial charge in [-0.3, -0.25) is 9.59 Å². The van der Waals surface area contributed by atoms with E-state index in [9.17, 15) is 75.7 Å². The minimum atomic E-state index is -3.08. The second-order valence-electron chi connectivity index (χ2n) is 32.5. The molecule has 0 spiro atoms. The van der Waals surface area contributed by atoms with Crippen LogP contribution in [-0.4, -0.2) is 215 Å². The van der Waals surface area contributed by atoms with E-state index in [1.807, 2.05) is 6.08 Å². The van der Waals surface area contributed by atoms with Crippen molar-refractivity contribution >= 4 is 17.8 Å². The zero-order chi connectivity index (χ0) is 79.5. The minimum absolute atomic E-state index is 0.206. The fourth-order valence-electron chi connectivity index (χ4n) is 15.7. The van der Waals surface area contributed by atoms with Crippen LogP contribution in [0.25, 0.3) is 0 Å². The van der Waals surface area contributed by atoms with Crippen LogP contribution in [0.4, 0.5) is 0 Å². The first-order valence-corrected chi connectivity index (χ1v) is 44.6. The summed E-state index contributed by atoms with van der Waals surface area (Å²) in [4.78, 5) is 38.7. The van der Waals surface area contributed by atoms with Gasteiger partial charge in [-0.1, -0.05) is 353 Å². The zero-order valence-corrected chi connectivity index (χ0v) is 68.4. The van der Waals surface area contributed by atoms with Crippen molar-refractivity contribution in [2.24, 2.45) is 0 Å². The number of aliphatic carboxylic acids is 1. The first kappa shape index (κ1) is 101. The van der Waals surface area contributed by atoms with Crippen LogP contribution in [0.2, 0.25) is 0 Å². The lowest BCUT2D eigenvalue weighted by Crippen LogP contribution is -2.70. The summed E-state index contributed by atoms with van der Waals surface area (Å²) < 4.78 is 35.0. The van der Waals surface area contributed by atoms with E-state index in [2.05, 4.69) is 24.5 Å². The molecule has 23 heteroatoms. The van der Waals surface area contributed by atoms with Crippen LogP contribution >= 0.6 is 0 Å². The number of nitrogens with one attached hydrogen (secondary N) is 2. The molecule has 3 aliphatic rings. The molecular weight excluding hydrogens is 1400 g/mol. The van der Waals surface area contributed by atoms with Gasteiger partial charge in [-0.2, -0.15) is 0 Å². The maximum atomic E-state index is 13.6. The SMILES string of the molecule is CCCCCCCCCCCCCCCCCC/C=C/C(O)C(COC1OC(CO)C(OC2OC(CO)C(O)C(OC3(C(=O)O)CC(O)C(NC(C)=O)C(C(O)C(O)CO)O3)C2O)C(O)C1O)NC(=O)CCCCCCCCCCCCCCCCCCCCCCCCCCCCCCCCCCCCCCC. The summed E-state index contributed by atoms with van der Waals surface area (Å²) in [5, 5.41) is 137. The molecule has 0 radical (unpaired) electrons. The van der Waals surface area contributed by atoms with Crippen LogP contribution in [0.15, 0.2) is 12.2 Å². The molecule has 2 amide bonds. The molecule has 0 aromatic heterocycles. The number of ether oxygens (including phenoxy) is 6. The smallest absolute Gasteiger partial charge is 0.364 e. The molecule has 0 aromatic rings. The first-order chi connectivity index (χ1) is 52.9. The Morgan fingerprint density at radius 1 is 0.477 bits per heavy atom. The van der Waals surface area contributed by atoms with Gasteiger partial charge in [-0.05, 0) is 19.3 Å². The molecule has 109 heavy (non-hydrogen) atoms. The molecule has 0 aromatic carbocycles. The molecule has 14 N–H and O–H groups in total. The van der Waals surface area contributed by atoms with Crippen LogP contribution in [-0.2, 0) is 42.8 Å². The lowest BCUT2D eigenvalue weighted by Gasteiger charge is -2.50. The van der Waals surface area contributed by atoms with Crippen molar-refractivity contribution in [3.05, 3.63) is 12.2 Å². The van der Waals surface area contributed by atoms with Crippen LogP contribution in [0.3, 0.4) is 0 Å². The number of allylic oxidation sites excluding steroid dienone is 1. The lowest BCUT2D eigenvalue weighted by atomic mass is 9.88. The molecule has 18 unspecified atom stereocenters. The molecular formula is C86H162N2O21. The number of hydrogen-bond acceptors (Lipinski definition) is 20. The third-order valence-corrected chi connectivity index (χ3v) is 22.7. The molecule has 3 rings (SSSR count). The van der Waals surface area contributed by atoms with Crippen molar-refractivity contribution in [2.45, 2.75) is 490 Å². The van der Waals surface area contributed by atoms with Crippen molar-refractivity contribution in [3.63, 3.8) is 0 Å². The van der Waals surface area contributed by atoms with Gasteiger partial charge in [0.15, 0.2) is 12.6 Å². The van der Waals surface area contributed by atoms with Crippen molar-refractivity contribution < 1.29 is 104 Å². The second-order valence-corrected chi connectivity index (χ2v) is 32.5. The van der Waals surface area contributed by atoms with E-state index in [0.29, 0.717) is 12.8 Å². The normalized spacial score (nSPS) is 25.7. The highest BCUT2D eigenvalue weighted by atomic mass is 16.8. The summed E-state index contributed by atoms with van der Waals surface area (Å²) in [6.45, 7) is 2.21. The standard InChI is InChI=1S/C86H162N2O21/c1-4-6-8-10-12-14-16-18-20-22-24-25-26-27-28-29-30-31-32-33-34-35-36-37-38-39-40-41-42-44-46-48-50-52-54-56-58-60-73(96)88-67(68(93)59-57-55-53-51-49-47-45-43-23-21-19-17-15-13-11-9-7-5-2)65-104-83-78(100)77(99)80(72(64-91)106-83)107-84-79(101)82(76(98)71(63-90)105-84)109-86(85(102)103)61-69(94)74(87-66(3)92)81(108-86)75(97)70(95)62-89/h57,59,67-72,74-84,89-91,93-95,97-101H,4-56,58,60-65H2,1-3H3,(H,87,92)(H,88,96)(H,102,103)/b59-57+. The van der Waals surface area contributed by atoms with E-state index < -0.39 is 155 Å². The summed E-state index contributed by atoms with van der Waals surface area (Å²) in [7, 11) is 0. The molecule has 0 aliphatic carbocycles. The van der Waals surface area contributed by atoms with Crippen LogP contribution < -0.4 is 10.6 Å².